The van der Waals surface area contributed by atoms with Crippen LogP contribution in [0.25, 0.3) is 11.1 Å². The molecule has 1 aliphatic carbocycles. The molecule has 1 saturated heterocycles. The smallest absolute Gasteiger partial charge is 0.168 e. The lowest BCUT2D eigenvalue weighted by Gasteiger charge is -2.35. The standard InChI is InChI=1S/C20H22O3/c21-19-7-5-17(6-8-19)15-1-3-16(4-2-15)18-9-11-20(12-10-18)22-13-14-23-20/h1-8,18,21H,9-14H2. The van der Waals surface area contributed by atoms with Gasteiger partial charge in [0.2, 0.25) is 0 Å². The summed E-state index contributed by atoms with van der Waals surface area (Å²) in [6.45, 7) is 1.48. The molecule has 1 N–H and O–H groups in total. The summed E-state index contributed by atoms with van der Waals surface area (Å²) in [5.74, 6) is 0.628. The fraction of sp³-hybridized carbons (Fsp3) is 0.400. The molecule has 4 rings (SSSR count). The van der Waals surface area contributed by atoms with Gasteiger partial charge >= 0.3 is 0 Å². The van der Waals surface area contributed by atoms with E-state index in [0.717, 1.165) is 44.5 Å². The number of ether oxygens (including phenoxy) is 2. The molecule has 1 heterocycles. The van der Waals surface area contributed by atoms with Crippen molar-refractivity contribution < 1.29 is 14.6 Å². The molecule has 2 aromatic carbocycles. The van der Waals surface area contributed by atoms with Crippen LogP contribution in [0.5, 0.6) is 5.75 Å². The number of benzene rings is 2. The van der Waals surface area contributed by atoms with E-state index in [4.69, 9.17) is 9.47 Å². The summed E-state index contributed by atoms with van der Waals surface area (Å²) in [5, 5.41) is 9.38. The van der Waals surface area contributed by atoms with Gasteiger partial charge in [-0.3, -0.25) is 0 Å². The summed E-state index contributed by atoms with van der Waals surface area (Å²) >= 11 is 0. The summed E-state index contributed by atoms with van der Waals surface area (Å²) in [4.78, 5) is 0. The van der Waals surface area contributed by atoms with Gasteiger partial charge in [0.1, 0.15) is 5.75 Å². The summed E-state index contributed by atoms with van der Waals surface area (Å²) in [6.07, 6.45) is 4.24. The van der Waals surface area contributed by atoms with Crippen molar-refractivity contribution in [3.05, 3.63) is 54.1 Å². The van der Waals surface area contributed by atoms with Crippen molar-refractivity contribution in [2.45, 2.75) is 37.4 Å². The summed E-state index contributed by atoms with van der Waals surface area (Å²) in [7, 11) is 0. The number of hydrogen-bond acceptors (Lipinski definition) is 3. The molecule has 3 nitrogen and oxygen atoms in total. The van der Waals surface area contributed by atoms with Crippen molar-refractivity contribution in [1.29, 1.82) is 0 Å². The molecular weight excluding hydrogens is 288 g/mol. The van der Waals surface area contributed by atoms with Crippen LogP contribution in [0.2, 0.25) is 0 Å². The maximum Gasteiger partial charge on any atom is 0.168 e. The Hall–Kier alpha value is -1.84. The maximum atomic E-state index is 9.38. The van der Waals surface area contributed by atoms with E-state index in [1.165, 1.54) is 11.1 Å². The largest absolute Gasteiger partial charge is 0.508 e. The minimum atomic E-state index is -0.275. The molecule has 3 heteroatoms. The Morgan fingerprint density at radius 2 is 1.30 bits per heavy atom. The zero-order chi connectivity index (χ0) is 15.7. The monoisotopic (exact) mass is 310 g/mol. The first-order chi connectivity index (χ1) is 11.2. The fourth-order valence-corrected chi connectivity index (χ4v) is 3.78. The Kier molecular flexibility index (Phi) is 3.83. The molecule has 2 aromatic rings. The fourth-order valence-electron chi connectivity index (χ4n) is 3.78. The van der Waals surface area contributed by atoms with Gasteiger partial charge in [0.25, 0.3) is 0 Å². The lowest BCUT2D eigenvalue weighted by molar-refractivity contribution is -0.178. The second-order valence-electron chi connectivity index (χ2n) is 6.55. The van der Waals surface area contributed by atoms with E-state index in [2.05, 4.69) is 24.3 Å². The second-order valence-corrected chi connectivity index (χ2v) is 6.55. The molecule has 0 unspecified atom stereocenters. The topological polar surface area (TPSA) is 38.7 Å². The molecule has 23 heavy (non-hydrogen) atoms. The van der Waals surface area contributed by atoms with Crippen LogP contribution in [0.1, 0.15) is 37.2 Å². The molecule has 1 saturated carbocycles. The molecular formula is C20H22O3. The highest BCUT2D eigenvalue weighted by Gasteiger charge is 2.40. The van der Waals surface area contributed by atoms with Crippen molar-refractivity contribution in [3.8, 4) is 16.9 Å². The van der Waals surface area contributed by atoms with Crippen LogP contribution >= 0.6 is 0 Å². The van der Waals surface area contributed by atoms with Gasteiger partial charge in [-0.15, -0.1) is 0 Å². The number of aromatic hydroxyl groups is 1. The number of phenolic OH excluding ortho intramolecular Hbond substituents is 1. The number of hydrogen-bond donors (Lipinski definition) is 1. The molecule has 2 aliphatic rings. The first-order valence-electron chi connectivity index (χ1n) is 8.41. The van der Waals surface area contributed by atoms with Crippen LogP contribution in [0.15, 0.2) is 48.5 Å². The quantitative estimate of drug-likeness (QED) is 0.890. The molecule has 1 spiro atoms. The normalized spacial score (nSPS) is 20.9. The summed E-state index contributed by atoms with van der Waals surface area (Å²) < 4.78 is 11.6. The van der Waals surface area contributed by atoms with Crippen molar-refractivity contribution in [2.24, 2.45) is 0 Å². The Morgan fingerprint density at radius 1 is 0.783 bits per heavy atom. The predicted octanol–water partition coefficient (Wildman–Crippen LogP) is 4.46. The van der Waals surface area contributed by atoms with E-state index in [0.29, 0.717) is 11.7 Å². The Balaban J connectivity index is 1.45. The van der Waals surface area contributed by atoms with Gasteiger partial charge in [-0.1, -0.05) is 36.4 Å². The third-order valence-electron chi connectivity index (χ3n) is 5.14. The summed E-state index contributed by atoms with van der Waals surface area (Å²) in [6, 6.07) is 16.2. The average molecular weight is 310 g/mol. The van der Waals surface area contributed by atoms with Crippen LogP contribution in [0.4, 0.5) is 0 Å². The highest BCUT2D eigenvalue weighted by molar-refractivity contribution is 5.64. The highest BCUT2D eigenvalue weighted by Crippen LogP contribution is 2.42. The third kappa shape index (κ3) is 2.99. The average Bonchev–Trinajstić information content (AvgIpc) is 3.05. The van der Waals surface area contributed by atoms with Crippen molar-refractivity contribution in [2.75, 3.05) is 13.2 Å². The van der Waals surface area contributed by atoms with Gasteiger partial charge in [-0.05, 0) is 47.6 Å². The molecule has 0 atom stereocenters. The van der Waals surface area contributed by atoms with Crippen molar-refractivity contribution in [3.63, 3.8) is 0 Å². The Morgan fingerprint density at radius 3 is 1.87 bits per heavy atom. The van der Waals surface area contributed by atoms with Crippen LogP contribution in [0, 0.1) is 0 Å². The maximum absolute atomic E-state index is 9.38. The number of rotatable bonds is 2. The van der Waals surface area contributed by atoms with Crippen molar-refractivity contribution in [1.82, 2.24) is 0 Å². The van der Waals surface area contributed by atoms with E-state index >= 15 is 0 Å². The molecule has 0 bridgehead atoms. The SMILES string of the molecule is Oc1ccc(-c2ccc(C3CCC4(CC3)OCCO4)cc2)cc1. The minimum Gasteiger partial charge on any atom is -0.508 e. The second kappa shape index (κ2) is 5.99. The van der Waals surface area contributed by atoms with Gasteiger partial charge in [0.15, 0.2) is 5.79 Å². The van der Waals surface area contributed by atoms with E-state index < -0.39 is 0 Å². The van der Waals surface area contributed by atoms with Crippen LogP contribution in [-0.4, -0.2) is 24.1 Å². The summed E-state index contributed by atoms with van der Waals surface area (Å²) in [5.41, 5.74) is 3.72. The van der Waals surface area contributed by atoms with E-state index in [-0.39, 0.29) is 5.79 Å². The van der Waals surface area contributed by atoms with Crippen LogP contribution in [0.3, 0.4) is 0 Å². The minimum absolute atomic E-state index is 0.275. The first kappa shape index (κ1) is 14.7. The molecule has 120 valence electrons. The van der Waals surface area contributed by atoms with Gasteiger partial charge in [0.05, 0.1) is 13.2 Å². The zero-order valence-corrected chi connectivity index (χ0v) is 13.2. The Labute approximate surface area is 136 Å². The highest BCUT2D eigenvalue weighted by atomic mass is 16.7. The van der Waals surface area contributed by atoms with E-state index in [1.54, 1.807) is 12.1 Å². The van der Waals surface area contributed by atoms with Crippen LogP contribution in [-0.2, 0) is 9.47 Å². The molecule has 0 aromatic heterocycles. The van der Waals surface area contributed by atoms with Gasteiger partial charge in [-0.2, -0.15) is 0 Å². The van der Waals surface area contributed by atoms with E-state index in [9.17, 15) is 5.11 Å². The van der Waals surface area contributed by atoms with Crippen LogP contribution < -0.4 is 0 Å². The predicted molar refractivity (Wildman–Crippen MR) is 89.4 cm³/mol. The number of phenols is 1. The lowest BCUT2D eigenvalue weighted by Crippen LogP contribution is -2.34. The van der Waals surface area contributed by atoms with E-state index in [1.807, 2.05) is 12.1 Å². The zero-order valence-electron chi connectivity index (χ0n) is 13.2. The van der Waals surface area contributed by atoms with Gasteiger partial charge < -0.3 is 14.6 Å². The lowest BCUT2D eigenvalue weighted by atomic mass is 9.80. The third-order valence-corrected chi connectivity index (χ3v) is 5.14. The molecule has 1 aliphatic heterocycles. The molecule has 2 fully saturated rings. The molecule has 0 amide bonds. The molecule has 0 radical (unpaired) electrons. The first-order valence-corrected chi connectivity index (χ1v) is 8.41. The van der Waals surface area contributed by atoms with Gasteiger partial charge in [-0.25, -0.2) is 0 Å². The van der Waals surface area contributed by atoms with Crippen molar-refractivity contribution >= 4 is 0 Å². The van der Waals surface area contributed by atoms with Gasteiger partial charge in [0, 0.05) is 12.8 Å². The Bertz CT molecular complexity index is 644.